The summed E-state index contributed by atoms with van der Waals surface area (Å²) in [6, 6.07) is 5.78. The molecule has 0 bridgehead atoms. The van der Waals surface area contributed by atoms with Crippen LogP contribution in [-0.4, -0.2) is 10.9 Å². The van der Waals surface area contributed by atoms with E-state index in [1.165, 1.54) is 24.4 Å². The maximum Gasteiger partial charge on any atom is 0.272 e. The van der Waals surface area contributed by atoms with Crippen LogP contribution in [0.4, 0.5) is 15.8 Å². The average Bonchev–Trinajstić information content (AvgIpc) is 2.70. The van der Waals surface area contributed by atoms with Crippen molar-refractivity contribution < 1.29 is 9.18 Å². The van der Waals surface area contributed by atoms with Crippen molar-refractivity contribution in [2.45, 2.75) is 0 Å². The van der Waals surface area contributed by atoms with Crippen LogP contribution in [0.25, 0.3) is 0 Å². The van der Waals surface area contributed by atoms with Gasteiger partial charge in [0.2, 0.25) is 0 Å². The lowest BCUT2D eigenvalue weighted by Crippen LogP contribution is -2.13. The number of hydrogen-bond acceptors (Lipinski definition) is 2. The Labute approximate surface area is 105 Å². The minimum atomic E-state index is -0.499. The minimum absolute atomic E-state index is 0.109. The third-order valence-electron chi connectivity index (χ3n) is 2.13. The number of nitrogen functional groups attached to an aromatic ring is 1. The number of carbonyl (C=O) groups is 1. The number of hydrogen-bond donors (Lipinski definition) is 3. The number of rotatable bonds is 2. The molecular weight excluding hydrogens is 289 g/mol. The summed E-state index contributed by atoms with van der Waals surface area (Å²) < 4.78 is 14.1. The van der Waals surface area contributed by atoms with E-state index in [1.54, 1.807) is 6.07 Å². The zero-order valence-corrected chi connectivity index (χ0v) is 10.2. The molecule has 0 saturated carbocycles. The van der Waals surface area contributed by atoms with Gasteiger partial charge < -0.3 is 16.0 Å². The van der Waals surface area contributed by atoms with E-state index in [9.17, 15) is 9.18 Å². The average molecular weight is 298 g/mol. The van der Waals surface area contributed by atoms with E-state index in [2.05, 4.69) is 26.2 Å². The van der Waals surface area contributed by atoms with E-state index in [1.807, 2.05) is 0 Å². The number of carbonyl (C=O) groups excluding carboxylic acids is 1. The number of nitrogens with one attached hydrogen (secondary N) is 2. The molecule has 2 rings (SSSR count). The Kier molecular flexibility index (Phi) is 3.14. The molecule has 0 aliphatic rings. The van der Waals surface area contributed by atoms with Crippen molar-refractivity contribution in [3.63, 3.8) is 0 Å². The lowest BCUT2D eigenvalue weighted by Gasteiger charge is -2.05. The Morgan fingerprint density at radius 1 is 1.41 bits per heavy atom. The molecule has 0 radical (unpaired) electrons. The van der Waals surface area contributed by atoms with Crippen LogP contribution in [0.3, 0.4) is 0 Å². The summed E-state index contributed by atoms with van der Waals surface area (Å²) in [5, 5.41) is 2.45. The molecule has 0 aliphatic heterocycles. The van der Waals surface area contributed by atoms with Gasteiger partial charge in [-0.3, -0.25) is 4.79 Å². The second-order valence-corrected chi connectivity index (χ2v) is 4.34. The lowest BCUT2D eigenvalue weighted by atomic mass is 10.3. The molecule has 0 unspecified atom stereocenters. The fourth-order valence-electron chi connectivity index (χ4n) is 1.33. The van der Waals surface area contributed by atoms with Gasteiger partial charge in [-0.2, -0.15) is 0 Å². The highest BCUT2D eigenvalue weighted by Crippen LogP contribution is 2.20. The summed E-state index contributed by atoms with van der Waals surface area (Å²) in [5.41, 5.74) is 6.31. The Bertz CT molecular complexity index is 568. The van der Waals surface area contributed by atoms with Crippen molar-refractivity contribution in [1.29, 1.82) is 0 Å². The zero-order valence-electron chi connectivity index (χ0n) is 8.63. The van der Waals surface area contributed by atoms with E-state index < -0.39 is 11.7 Å². The maximum absolute atomic E-state index is 13.4. The van der Waals surface area contributed by atoms with Gasteiger partial charge in [0.1, 0.15) is 11.5 Å². The Balaban J connectivity index is 2.21. The fourth-order valence-corrected chi connectivity index (χ4v) is 1.69. The van der Waals surface area contributed by atoms with Crippen LogP contribution in [0.1, 0.15) is 10.5 Å². The molecule has 0 atom stereocenters. The molecule has 6 heteroatoms. The third kappa shape index (κ3) is 2.65. The number of amides is 1. The molecule has 1 aromatic carbocycles. The number of anilines is 2. The van der Waals surface area contributed by atoms with Crippen LogP contribution in [-0.2, 0) is 0 Å². The number of aromatic amines is 1. The van der Waals surface area contributed by atoms with E-state index in [-0.39, 0.29) is 11.4 Å². The van der Waals surface area contributed by atoms with Gasteiger partial charge in [-0.1, -0.05) is 15.9 Å². The summed E-state index contributed by atoms with van der Waals surface area (Å²) in [4.78, 5) is 14.4. The van der Waals surface area contributed by atoms with Crippen LogP contribution in [0.2, 0.25) is 0 Å². The van der Waals surface area contributed by atoms with E-state index in [4.69, 9.17) is 5.73 Å². The molecule has 1 aromatic heterocycles. The standard InChI is InChI=1S/C11H9BrFN3O/c12-6-1-2-8(13)9(3-6)16-11(17)10-4-7(14)5-15-10/h1-5,15H,14H2,(H,16,17). The molecule has 1 heterocycles. The summed E-state index contributed by atoms with van der Waals surface area (Å²) in [6.45, 7) is 0. The van der Waals surface area contributed by atoms with Crippen LogP contribution < -0.4 is 11.1 Å². The Hall–Kier alpha value is -1.82. The third-order valence-corrected chi connectivity index (χ3v) is 2.62. The van der Waals surface area contributed by atoms with Gasteiger partial charge in [-0.15, -0.1) is 0 Å². The van der Waals surface area contributed by atoms with Gasteiger partial charge in [0, 0.05) is 16.4 Å². The predicted octanol–water partition coefficient (Wildman–Crippen LogP) is 2.75. The molecule has 1 amide bonds. The molecule has 0 fully saturated rings. The van der Waals surface area contributed by atoms with Crippen LogP contribution >= 0.6 is 15.9 Å². The molecule has 0 saturated heterocycles. The SMILES string of the molecule is Nc1c[nH]c(C(=O)Nc2cc(Br)ccc2F)c1. The van der Waals surface area contributed by atoms with Crippen LogP contribution in [0, 0.1) is 5.82 Å². The first kappa shape index (κ1) is 11.7. The molecule has 0 spiro atoms. The highest BCUT2D eigenvalue weighted by molar-refractivity contribution is 9.10. The fraction of sp³-hybridized carbons (Fsp3) is 0. The summed E-state index contributed by atoms with van der Waals surface area (Å²) in [7, 11) is 0. The lowest BCUT2D eigenvalue weighted by molar-refractivity contribution is 0.102. The first-order chi connectivity index (χ1) is 8.06. The largest absolute Gasteiger partial charge is 0.397 e. The predicted molar refractivity (Wildman–Crippen MR) is 67.3 cm³/mol. The van der Waals surface area contributed by atoms with Gasteiger partial charge in [0.05, 0.1) is 5.69 Å². The van der Waals surface area contributed by atoms with Crippen molar-refractivity contribution >= 4 is 33.2 Å². The van der Waals surface area contributed by atoms with Gasteiger partial charge >= 0.3 is 0 Å². The summed E-state index contributed by atoms with van der Waals surface area (Å²) in [5.74, 6) is -0.945. The number of H-pyrrole nitrogens is 1. The smallest absolute Gasteiger partial charge is 0.272 e. The van der Waals surface area contributed by atoms with E-state index in [0.717, 1.165) is 0 Å². The van der Waals surface area contributed by atoms with Crippen molar-refractivity contribution in [1.82, 2.24) is 4.98 Å². The molecule has 4 nitrogen and oxygen atoms in total. The number of nitrogens with two attached hydrogens (primary N) is 1. The van der Waals surface area contributed by atoms with Gasteiger partial charge in [-0.05, 0) is 24.3 Å². The van der Waals surface area contributed by atoms with Gasteiger partial charge in [-0.25, -0.2) is 4.39 Å². The molecule has 88 valence electrons. The first-order valence-corrected chi connectivity index (χ1v) is 5.56. The highest BCUT2D eigenvalue weighted by Gasteiger charge is 2.11. The van der Waals surface area contributed by atoms with Crippen molar-refractivity contribution in [2.24, 2.45) is 0 Å². The minimum Gasteiger partial charge on any atom is -0.397 e. The van der Waals surface area contributed by atoms with E-state index >= 15 is 0 Å². The van der Waals surface area contributed by atoms with Crippen LogP contribution in [0.15, 0.2) is 34.9 Å². The second-order valence-electron chi connectivity index (χ2n) is 3.42. The second kappa shape index (κ2) is 4.58. The van der Waals surface area contributed by atoms with Gasteiger partial charge in [0.25, 0.3) is 5.91 Å². The Morgan fingerprint density at radius 3 is 2.82 bits per heavy atom. The number of benzene rings is 1. The zero-order chi connectivity index (χ0) is 12.4. The molecule has 2 aromatic rings. The van der Waals surface area contributed by atoms with E-state index in [0.29, 0.717) is 10.2 Å². The topological polar surface area (TPSA) is 70.9 Å². The monoisotopic (exact) mass is 297 g/mol. The van der Waals surface area contributed by atoms with Crippen molar-refractivity contribution in [3.05, 3.63) is 46.4 Å². The maximum atomic E-state index is 13.4. The molecule has 17 heavy (non-hydrogen) atoms. The number of halogens is 2. The molecule has 4 N–H and O–H groups in total. The molecule has 0 aliphatic carbocycles. The molecular formula is C11H9BrFN3O. The van der Waals surface area contributed by atoms with Crippen molar-refractivity contribution in [3.8, 4) is 0 Å². The van der Waals surface area contributed by atoms with Crippen LogP contribution in [0.5, 0.6) is 0 Å². The van der Waals surface area contributed by atoms with Crippen molar-refractivity contribution in [2.75, 3.05) is 11.1 Å². The normalized spacial score (nSPS) is 10.2. The summed E-state index contributed by atoms with van der Waals surface area (Å²) in [6.07, 6.45) is 1.49. The first-order valence-electron chi connectivity index (χ1n) is 4.76. The highest BCUT2D eigenvalue weighted by atomic mass is 79.9. The quantitative estimate of drug-likeness (QED) is 0.797. The number of aromatic nitrogens is 1. The Morgan fingerprint density at radius 2 is 2.18 bits per heavy atom. The van der Waals surface area contributed by atoms with Gasteiger partial charge in [0.15, 0.2) is 0 Å². The summed E-state index contributed by atoms with van der Waals surface area (Å²) >= 11 is 3.20.